The number of anilines is 1. The van der Waals surface area contributed by atoms with Crippen LogP contribution in [0.4, 0.5) is 5.69 Å². The molecule has 2 N–H and O–H groups in total. The van der Waals surface area contributed by atoms with Gasteiger partial charge in [0.15, 0.2) is 5.11 Å². The molecule has 0 spiro atoms. The van der Waals surface area contributed by atoms with Gasteiger partial charge >= 0.3 is 0 Å². The minimum absolute atomic E-state index is 0.175. The Hall–Kier alpha value is -4.36. The number of amides is 1. The van der Waals surface area contributed by atoms with Crippen LogP contribution in [0.25, 0.3) is 0 Å². The lowest BCUT2D eigenvalue weighted by Crippen LogP contribution is -2.34. The highest BCUT2D eigenvalue weighted by Crippen LogP contribution is 2.24. The number of thiocarbonyl (C=S) groups is 1. The van der Waals surface area contributed by atoms with E-state index in [0.29, 0.717) is 42.6 Å². The van der Waals surface area contributed by atoms with Gasteiger partial charge in [-0.15, -0.1) is 0 Å². The topological polar surface area (TPSA) is 68.8 Å². The Morgan fingerprint density at radius 1 is 0.667 bits per heavy atom. The molecule has 0 aliphatic heterocycles. The third kappa shape index (κ3) is 7.58. The smallest absolute Gasteiger partial charge is 0.257 e. The quantitative estimate of drug-likeness (QED) is 0.211. The molecule has 0 bridgehead atoms. The van der Waals surface area contributed by atoms with Crippen molar-refractivity contribution in [1.82, 2.24) is 5.32 Å². The van der Waals surface area contributed by atoms with Gasteiger partial charge in [-0.2, -0.15) is 0 Å². The summed E-state index contributed by atoms with van der Waals surface area (Å²) in [7, 11) is 0. The largest absolute Gasteiger partial charge is 0.490 e. The lowest BCUT2D eigenvalue weighted by molar-refractivity contribution is 0.0977. The van der Waals surface area contributed by atoms with Crippen LogP contribution in [-0.2, 0) is 6.61 Å². The van der Waals surface area contributed by atoms with Crippen molar-refractivity contribution in [3.8, 4) is 17.2 Å². The molecule has 0 aromatic heterocycles. The Bertz CT molecular complexity index is 1270. The van der Waals surface area contributed by atoms with E-state index in [1.54, 1.807) is 24.3 Å². The first-order chi connectivity index (χ1) is 17.7. The number of ether oxygens (including phenoxy) is 3. The van der Waals surface area contributed by atoms with Gasteiger partial charge in [-0.25, -0.2) is 0 Å². The first-order valence-electron chi connectivity index (χ1n) is 11.5. The number of benzene rings is 4. The van der Waals surface area contributed by atoms with Crippen molar-refractivity contribution in [2.24, 2.45) is 0 Å². The number of hydrogen-bond acceptors (Lipinski definition) is 5. The van der Waals surface area contributed by atoms with Crippen molar-refractivity contribution in [2.75, 3.05) is 18.5 Å². The number of rotatable bonds is 10. The molecule has 36 heavy (non-hydrogen) atoms. The molecule has 6 nitrogen and oxygen atoms in total. The van der Waals surface area contributed by atoms with Crippen molar-refractivity contribution in [3.05, 3.63) is 120 Å². The average molecular weight is 499 g/mol. The first-order valence-corrected chi connectivity index (χ1v) is 11.9. The van der Waals surface area contributed by atoms with Crippen LogP contribution in [0.5, 0.6) is 17.2 Å². The summed E-state index contributed by atoms with van der Waals surface area (Å²) in [6.45, 7) is 1.23. The number of carbonyl (C=O) groups excluding carboxylic acids is 1. The molecule has 182 valence electrons. The summed E-state index contributed by atoms with van der Waals surface area (Å²) in [5.41, 5.74) is 2.18. The molecule has 0 aliphatic rings. The Balaban J connectivity index is 1.24. The van der Waals surface area contributed by atoms with Gasteiger partial charge in [-0.05, 0) is 66.3 Å². The van der Waals surface area contributed by atoms with E-state index in [0.717, 1.165) is 11.3 Å². The molecule has 0 saturated heterocycles. The molecule has 0 fully saturated rings. The van der Waals surface area contributed by atoms with Gasteiger partial charge in [0.1, 0.15) is 37.1 Å². The monoisotopic (exact) mass is 498 g/mol. The molecule has 0 radical (unpaired) electrons. The Morgan fingerprint density at radius 2 is 1.25 bits per heavy atom. The first kappa shape index (κ1) is 24.8. The molecule has 0 atom stereocenters. The molecular weight excluding hydrogens is 472 g/mol. The fourth-order valence-electron chi connectivity index (χ4n) is 3.30. The van der Waals surface area contributed by atoms with E-state index in [9.17, 15) is 4.79 Å². The molecular formula is C29H26N2O4S. The van der Waals surface area contributed by atoms with E-state index in [1.165, 1.54) is 0 Å². The maximum atomic E-state index is 12.6. The summed E-state index contributed by atoms with van der Waals surface area (Å²) in [5.74, 6) is 1.75. The van der Waals surface area contributed by atoms with Crippen LogP contribution in [0, 0.1) is 0 Å². The molecule has 0 unspecified atom stereocenters. The second kappa shape index (κ2) is 12.9. The maximum absolute atomic E-state index is 12.6. The van der Waals surface area contributed by atoms with E-state index in [-0.39, 0.29) is 11.0 Å². The van der Waals surface area contributed by atoms with E-state index in [2.05, 4.69) is 10.6 Å². The van der Waals surface area contributed by atoms with E-state index < -0.39 is 0 Å². The van der Waals surface area contributed by atoms with E-state index in [1.807, 2.05) is 84.9 Å². The van der Waals surface area contributed by atoms with Crippen LogP contribution in [-0.4, -0.2) is 24.2 Å². The second-order valence-electron chi connectivity index (χ2n) is 7.71. The standard InChI is InChI=1S/C29H26N2O4S/c32-28(23-15-17-25(18-16-23)34-20-19-33-24-11-5-2-6-12-24)31-29(36)30-26-13-7-8-14-27(26)35-21-22-9-3-1-4-10-22/h1-18H,19-21H2,(H2,30,31,32,36). The molecule has 0 heterocycles. The highest BCUT2D eigenvalue weighted by molar-refractivity contribution is 7.80. The minimum Gasteiger partial charge on any atom is -0.490 e. The molecule has 0 aliphatic carbocycles. The fourth-order valence-corrected chi connectivity index (χ4v) is 3.50. The van der Waals surface area contributed by atoms with E-state index >= 15 is 0 Å². The highest BCUT2D eigenvalue weighted by atomic mass is 32.1. The number of para-hydroxylation sites is 3. The lowest BCUT2D eigenvalue weighted by Gasteiger charge is -2.14. The van der Waals surface area contributed by atoms with Crippen LogP contribution < -0.4 is 24.8 Å². The second-order valence-corrected chi connectivity index (χ2v) is 8.12. The van der Waals surface area contributed by atoms with E-state index in [4.69, 9.17) is 26.4 Å². The third-order valence-corrected chi connectivity index (χ3v) is 5.28. The van der Waals surface area contributed by atoms with Crippen LogP contribution in [0.3, 0.4) is 0 Å². The normalized spacial score (nSPS) is 10.2. The highest BCUT2D eigenvalue weighted by Gasteiger charge is 2.11. The van der Waals surface area contributed by atoms with Crippen molar-refractivity contribution >= 4 is 28.9 Å². The fraction of sp³-hybridized carbons (Fsp3) is 0.103. The Morgan fingerprint density at radius 3 is 1.94 bits per heavy atom. The van der Waals surface area contributed by atoms with Gasteiger partial charge in [0.05, 0.1) is 5.69 Å². The maximum Gasteiger partial charge on any atom is 0.257 e. The number of hydrogen-bond donors (Lipinski definition) is 2. The Labute approximate surface area is 215 Å². The molecule has 4 rings (SSSR count). The van der Waals surface area contributed by atoms with Crippen molar-refractivity contribution in [1.29, 1.82) is 0 Å². The zero-order valence-electron chi connectivity index (χ0n) is 19.6. The molecule has 7 heteroatoms. The summed E-state index contributed by atoms with van der Waals surface area (Å²) in [5, 5.41) is 5.92. The number of nitrogens with one attached hydrogen (secondary N) is 2. The zero-order chi connectivity index (χ0) is 25.0. The summed E-state index contributed by atoms with van der Waals surface area (Å²) in [4.78, 5) is 12.6. The molecule has 4 aromatic carbocycles. The predicted octanol–water partition coefficient (Wildman–Crippen LogP) is 5.85. The van der Waals surface area contributed by atoms with Crippen LogP contribution in [0.15, 0.2) is 109 Å². The molecule has 0 saturated carbocycles. The van der Waals surface area contributed by atoms with Gasteiger partial charge in [0.25, 0.3) is 5.91 Å². The summed E-state index contributed by atoms with van der Waals surface area (Å²) in [6.07, 6.45) is 0. The van der Waals surface area contributed by atoms with Crippen LogP contribution >= 0.6 is 12.2 Å². The SMILES string of the molecule is O=C(NC(=S)Nc1ccccc1OCc1ccccc1)c1ccc(OCCOc2ccccc2)cc1. The summed E-state index contributed by atoms with van der Waals surface area (Å²) < 4.78 is 17.2. The van der Waals surface area contributed by atoms with Crippen molar-refractivity contribution in [2.45, 2.75) is 6.61 Å². The van der Waals surface area contributed by atoms with Crippen molar-refractivity contribution in [3.63, 3.8) is 0 Å². The van der Waals surface area contributed by atoms with Crippen molar-refractivity contribution < 1.29 is 19.0 Å². The predicted molar refractivity (Wildman–Crippen MR) is 145 cm³/mol. The molecule has 1 amide bonds. The number of carbonyl (C=O) groups is 1. The molecule has 4 aromatic rings. The van der Waals surface area contributed by atoms with Gasteiger partial charge in [-0.3, -0.25) is 10.1 Å². The van der Waals surface area contributed by atoms with Gasteiger partial charge in [0.2, 0.25) is 0 Å². The lowest BCUT2D eigenvalue weighted by atomic mass is 10.2. The summed E-state index contributed by atoms with van der Waals surface area (Å²) >= 11 is 5.35. The van der Waals surface area contributed by atoms with Gasteiger partial charge in [0, 0.05) is 5.56 Å². The summed E-state index contributed by atoms with van der Waals surface area (Å²) in [6, 6.07) is 33.7. The zero-order valence-corrected chi connectivity index (χ0v) is 20.4. The van der Waals surface area contributed by atoms with Crippen LogP contribution in [0.2, 0.25) is 0 Å². The van der Waals surface area contributed by atoms with Crippen LogP contribution in [0.1, 0.15) is 15.9 Å². The average Bonchev–Trinajstić information content (AvgIpc) is 2.92. The minimum atomic E-state index is -0.325. The Kier molecular flexibility index (Phi) is 8.89. The third-order valence-electron chi connectivity index (χ3n) is 5.08. The van der Waals surface area contributed by atoms with Gasteiger partial charge in [-0.1, -0.05) is 60.7 Å². The van der Waals surface area contributed by atoms with Gasteiger partial charge < -0.3 is 19.5 Å².